The van der Waals surface area contributed by atoms with Gasteiger partial charge < -0.3 is 0 Å². The van der Waals surface area contributed by atoms with Crippen LogP contribution in [-0.2, 0) is 0 Å². The molecule has 0 atom stereocenters. The second kappa shape index (κ2) is 6.58. The van der Waals surface area contributed by atoms with Crippen molar-refractivity contribution in [2.45, 2.75) is 0 Å². The number of hydrazone groups is 1. The average molecular weight is 305 g/mol. The summed E-state index contributed by atoms with van der Waals surface area (Å²) in [6.07, 6.45) is 2.71. The Morgan fingerprint density at radius 1 is 1.38 bits per heavy atom. The summed E-state index contributed by atoms with van der Waals surface area (Å²) in [5, 5.41) is 14.7. The van der Waals surface area contributed by atoms with Gasteiger partial charge in [0.1, 0.15) is 5.69 Å². The molecule has 0 fully saturated rings. The minimum atomic E-state index is -0.542. The molecule has 0 aliphatic heterocycles. The number of hydrogen-bond acceptors (Lipinski definition) is 5. The first-order valence-electron chi connectivity index (χ1n) is 5.76. The molecule has 1 aromatic heterocycles. The lowest BCUT2D eigenvalue weighted by molar-refractivity contribution is -0.384. The molecule has 0 radical (unpaired) electrons. The molecule has 0 aliphatic rings. The van der Waals surface area contributed by atoms with Crippen LogP contribution in [-0.4, -0.2) is 22.0 Å². The van der Waals surface area contributed by atoms with Crippen LogP contribution in [0.1, 0.15) is 16.1 Å². The fraction of sp³-hybridized carbons (Fsp3) is 0. The third-order valence-corrected chi connectivity index (χ3v) is 2.80. The fourth-order valence-electron chi connectivity index (χ4n) is 1.46. The van der Waals surface area contributed by atoms with Gasteiger partial charge in [0.2, 0.25) is 0 Å². The van der Waals surface area contributed by atoms with Crippen LogP contribution in [0, 0.1) is 10.1 Å². The van der Waals surface area contributed by atoms with Crippen molar-refractivity contribution in [2.24, 2.45) is 5.10 Å². The third kappa shape index (κ3) is 3.83. The first-order valence-corrected chi connectivity index (χ1v) is 6.14. The summed E-state index contributed by atoms with van der Waals surface area (Å²) in [5.41, 5.74) is 2.68. The number of nitrogens with one attached hydrogen (secondary N) is 1. The average Bonchev–Trinajstić information content (AvgIpc) is 2.49. The number of halogens is 1. The van der Waals surface area contributed by atoms with E-state index in [1.807, 2.05) is 0 Å². The van der Waals surface area contributed by atoms with Crippen LogP contribution in [0.2, 0.25) is 5.02 Å². The molecule has 7 nitrogen and oxygen atoms in total. The van der Waals surface area contributed by atoms with E-state index in [4.69, 9.17) is 11.6 Å². The smallest absolute Gasteiger partial charge is 0.266 e. The standard InChI is InChI=1S/C13H9ClN4O3/c14-11-5-4-10(18(20)21)7-9(11)8-16-17-13(19)12-3-1-2-6-15-12/h1-8H,(H,17,19)/b16-8-. The van der Waals surface area contributed by atoms with Gasteiger partial charge in [0.25, 0.3) is 11.6 Å². The van der Waals surface area contributed by atoms with E-state index in [0.717, 1.165) is 0 Å². The van der Waals surface area contributed by atoms with Crippen molar-refractivity contribution < 1.29 is 9.72 Å². The van der Waals surface area contributed by atoms with Crippen molar-refractivity contribution in [1.82, 2.24) is 10.4 Å². The van der Waals surface area contributed by atoms with E-state index in [1.165, 1.54) is 36.7 Å². The van der Waals surface area contributed by atoms with Gasteiger partial charge in [0.15, 0.2) is 0 Å². The summed E-state index contributed by atoms with van der Waals surface area (Å²) in [6, 6.07) is 8.82. The van der Waals surface area contributed by atoms with E-state index in [-0.39, 0.29) is 16.4 Å². The molecule has 1 heterocycles. The summed E-state index contributed by atoms with van der Waals surface area (Å²) < 4.78 is 0. The van der Waals surface area contributed by atoms with Gasteiger partial charge in [0, 0.05) is 28.9 Å². The molecule has 21 heavy (non-hydrogen) atoms. The first-order chi connectivity index (χ1) is 10.1. The highest BCUT2D eigenvalue weighted by atomic mass is 35.5. The maximum atomic E-state index is 11.7. The van der Waals surface area contributed by atoms with Crippen molar-refractivity contribution in [1.29, 1.82) is 0 Å². The highest BCUT2D eigenvalue weighted by Gasteiger charge is 2.08. The Labute approximate surface area is 124 Å². The minimum absolute atomic E-state index is 0.114. The quantitative estimate of drug-likeness (QED) is 0.533. The Morgan fingerprint density at radius 2 is 2.19 bits per heavy atom. The summed E-state index contributed by atoms with van der Waals surface area (Å²) in [6.45, 7) is 0. The van der Waals surface area contributed by atoms with E-state index >= 15 is 0 Å². The number of aromatic nitrogens is 1. The van der Waals surface area contributed by atoms with Gasteiger partial charge in [-0.3, -0.25) is 19.9 Å². The number of pyridine rings is 1. The van der Waals surface area contributed by atoms with E-state index in [1.54, 1.807) is 12.1 Å². The van der Waals surface area contributed by atoms with Crippen LogP contribution in [0.4, 0.5) is 5.69 Å². The Balaban J connectivity index is 2.10. The van der Waals surface area contributed by atoms with Crippen LogP contribution in [0.25, 0.3) is 0 Å². The zero-order valence-corrected chi connectivity index (χ0v) is 11.3. The minimum Gasteiger partial charge on any atom is -0.266 e. The summed E-state index contributed by atoms with van der Waals surface area (Å²) in [5.74, 6) is -0.492. The van der Waals surface area contributed by atoms with E-state index < -0.39 is 10.8 Å². The lowest BCUT2D eigenvalue weighted by Crippen LogP contribution is -2.18. The highest BCUT2D eigenvalue weighted by molar-refractivity contribution is 6.33. The van der Waals surface area contributed by atoms with Crippen LogP contribution in [0.5, 0.6) is 0 Å². The normalized spacial score (nSPS) is 10.5. The van der Waals surface area contributed by atoms with Gasteiger partial charge in [-0.05, 0) is 18.2 Å². The summed E-state index contributed by atoms with van der Waals surface area (Å²) >= 11 is 5.89. The maximum absolute atomic E-state index is 11.7. The van der Waals surface area contributed by atoms with E-state index in [2.05, 4.69) is 15.5 Å². The fourth-order valence-corrected chi connectivity index (χ4v) is 1.62. The number of carbonyl (C=O) groups is 1. The molecule has 2 rings (SSSR count). The molecular formula is C13H9ClN4O3. The summed E-state index contributed by atoms with van der Waals surface area (Å²) in [7, 11) is 0. The van der Waals surface area contributed by atoms with Gasteiger partial charge in [-0.15, -0.1) is 0 Å². The summed E-state index contributed by atoms with van der Waals surface area (Å²) in [4.78, 5) is 25.7. The molecule has 8 heteroatoms. The molecule has 0 bridgehead atoms. The van der Waals surface area contributed by atoms with Gasteiger partial charge in [0.05, 0.1) is 11.1 Å². The number of benzene rings is 1. The third-order valence-electron chi connectivity index (χ3n) is 2.46. The zero-order valence-electron chi connectivity index (χ0n) is 10.6. The molecule has 0 unspecified atom stereocenters. The van der Waals surface area contributed by atoms with Crippen molar-refractivity contribution in [2.75, 3.05) is 0 Å². The Morgan fingerprint density at radius 3 is 2.86 bits per heavy atom. The molecule has 0 saturated carbocycles. The second-order valence-corrected chi connectivity index (χ2v) is 4.28. The van der Waals surface area contributed by atoms with Gasteiger partial charge >= 0.3 is 0 Å². The van der Waals surface area contributed by atoms with Gasteiger partial charge in [-0.1, -0.05) is 17.7 Å². The number of non-ortho nitro benzene ring substituents is 1. The predicted molar refractivity (Wildman–Crippen MR) is 77.4 cm³/mol. The van der Waals surface area contributed by atoms with Crippen molar-refractivity contribution >= 4 is 29.4 Å². The molecule has 0 saturated heterocycles. The number of nitro groups is 1. The number of carbonyl (C=O) groups excluding carboxylic acids is 1. The lowest BCUT2D eigenvalue weighted by Gasteiger charge is -1.99. The van der Waals surface area contributed by atoms with Crippen molar-refractivity contribution in [3.8, 4) is 0 Å². The number of rotatable bonds is 4. The maximum Gasteiger partial charge on any atom is 0.289 e. The Kier molecular flexibility index (Phi) is 4.57. The molecule has 0 spiro atoms. The monoisotopic (exact) mass is 304 g/mol. The lowest BCUT2D eigenvalue weighted by atomic mass is 10.2. The van der Waals surface area contributed by atoms with Crippen LogP contribution >= 0.6 is 11.6 Å². The van der Waals surface area contributed by atoms with E-state index in [9.17, 15) is 14.9 Å². The molecular weight excluding hydrogens is 296 g/mol. The molecule has 1 N–H and O–H groups in total. The Hall–Kier alpha value is -2.80. The second-order valence-electron chi connectivity index (χ2n) is 3.88. The zero-order chi connectivity index (χ0) is 15.2. The highest BCUT2D eigenvalue weighted by Crippen LogP contribution is 2.20. The molecule has 1 amide bonds. The molecule has 106 valence electrons. The van der Waals surface area contributed by atoms with Crippen molar-refractivity contribution in [3.05, 3.63) is 69.0 Å². The number of amides is 1. The van der Waals surface area contributed by atoms with Crippen LogP contribution in [0.15, 0.2) is 47.7 Å². The molecule has 0 aliphatic carbocycles. The molecule has 2 aromatic rings. The number of nitrogens with zero attached hydrogens (tertiary/aromatic N) is 3. The largest absolute Gasteiger partial charge is 0.289 e. The number of nitro benzene ring substituents is 1. The predicted octanol–water partition coefficient (Wildman–Crippen LogP) is 2.41. The van der Waals surface area contributed by atoms with Gasteiger partial charge in [-0.2, -0.15) is 5.10 Å². The topological polar surface area (TPSA) is 97.5 Å². The van der Waals surface area contributed by atoms with Crippen LogP contribution in [0.3, 0.4) is 0 Å². The SMILES string of the molecule is O=C(N/N=C\c1cc([N+](=O)[O-])ccc1Cl)c1ccccn1. The Bertz CT molecular complexity index is 704. The van der Waals surface area contributed by atoms with E-state index in [0.29, 0.717) is 5.56 Å². The van der Waals surface area contributed by atoms with Crippen molar-refractivity contribution in [3.63, 3.8) is 0 Å². The molecule has 1 aromatic carbocycles. The van der Waals surface area contributed by atoms with Gasteiger partial charge in [-0.25, -0.2) is 5.43 Å². The van der Waals surface area contributed by atoms with Crippen LogP contribution < -0.4 is 5.43 Å². The number of hydrogen-bond donors (Lipinski definition) is 1. The first kappa shape index (κ1) is 14.6.